The maximum atomic E-state index is 5.96. The van der Waals surface area contributed by atoms with Gasteiger partial charge >= 0.3 is 0 Å². The average molecular weight is 443 g/mol. The Morgan fingerprint density at radius 2 is 1.87 bits per heavy atom. The molecule has 2 aliphatic heterocycles. The van der Waals surface area contributed by atoms with Crippen LogP contribution in [0.25, 0.3) is 0 Å². The van der Waals surface area contributed by atoms with Gasteiger partial charge in [0.25, 0.3) is 0 Å². The van der Waals surface area contributed by atoms with Gasteiger partial charge in [0.05, 0.1) is 13.2 Å². The van der Waals surface area contributed by atoms with Crippen LogP contribution >= 0.6 is 11.3 Å². The second-order valence-corrected chi connectivity index (χ2v) is 10.4. The normalized spacial score (nSPS) is 20.9. The topological polar surface area (TPSA) is 24.9 Å². The second kappa shape index (κ2) is 11.5. The van der Waals surface area contributed by atoms with Crippen molar-refractivity contribution in [3.8, 4) is 5.75 Å². The third-order valence-electron chi connectivity index (χ3n) is 6.76. The highest BCUT2D eigenvalue weighted by Crippen LogP contribution is 2.33. The lowest BCUT2D eigenvalue weighted by Crippen LogP contribution is -2.38. The number of rotatable bonds is 9. The molecular formula is C26H38N2O2S. The van der Waals surface area contributed by atoms with Crippen LogP contribution in [0.1, 0.15) is 53.5 Å². The number of ether oxygens (including phenoxy) is 2. The molecule has 4 nitrogen and oxygen atoms in total. The number of hydrogen-bond acceptors (Lipinski definition) is 5. The van der Waals surface area contributed by atoms with Gasteiger partial charge in [-0.2, -0.15) is 0 Å². The zero-order chi connectivity index (χ0) is 21.5. The Balaban J connectivity index is 1.15. The fourth-order valence-electron chi connectivity index (χ4n) is 4.86. The molecule has 0 spiro atoms. The molecular weight excluding hydrogens is 404 g/mol. The van der Waals surface area contributed by atoms with Crippen LogP contribution in [0, 0.1) is 5.92 Å². The van der Waals surface area contributed by atoms with Crippen LogP contribution in [0.15, 0.2) is 36.4 Å². The molecule has 0 aliphatic carbocycles. The third kappa shape index (κ3) is 6.79. The second-order valence-electron chi connectivity index (χ2n) is 9.24. The van der Waals surface area contributed by atoms with E-state index in [2.05, 4.69) is 53.2 Å². The molecule has 2 fully saturated rings. The molecule has 4 rings (SSSR count). The smallest absolute Gasteiger partial charge is 0.118 e. The summed E-state index contributed by atoms with van der Waals surface area (Å²) >= 11 is 1.95. The van der Waals surface area contributed by atoms with Crippen LogP contribution in [-0.2, 0) is 17.7 Å². The van der Waals surface area contributed by atoms with Gasteiger partial charge in [0, 0.05) is 36.0 Å². The van der Waals surface area contributed by atoms with Crippen molar-refractivity contribution in [2.24, 2.45) is 5.92 Å². The summed E-state index contributed by atoms with van der Waals surface area (Å²) in [6.07, 6.45) is 7.82. The van der Waals surface area contributed by atoms with Gasteiger partial charge in [-0.1, -0.05) is 12.1 Å². The molecule has 0 unspecified atom stereocenters. The molecule has 1 atom stereocenters. The van der Waals surface area contributed by atoms with Gasteiger partial charge in [-0.05, 0) is 94.4 Å². The largest absolute Gasteiger partial charge is 0.497 e. The van der Waals surface area contributed by atoms with E-state index >= 15 is 0 Å². The minimum Gasteiger partial charge on any atom is -0.497 e. The van der Waals surface area contributed by atoms with Gasteiger partial charge in [-0.3, -0.25) is 0 Å². The Hall–Kier alpha value is -1.40. The maximum absolute atomic E-state index is 5.96. The first-order chi connectivity index (χ1) is 15.2. The molecule has 0 N–H and O–H groups in total. The van der Waals surface area contributed by atoms with E-state index in [1.165, 1.54) is 67.1 Å². The lowest BCUT2D eigenvalue weighted by molar-refractivity contribution is 0.0172. The van der Waals surface area contributed by atoms with Crippen molar-refractivity contribution in [2.45, 2.75) is 51.2 Å². The van der Waals surface area contributed by atoms with E-state index in [1.54, 1.807) is 7.11 Å². The number of likely N-dealkylation sites (tertiary alicyclic amines) is 1. The van der Waals surface area contributed by atoms with Crippen molar-refractivity contribution in [3.63, 3.8) is 0 Å². The zero-order valence-corrected chi connectivity index (χ0v) is 20.0. The Kier molecular flexibility index (Phi) is 8.42. The lowest BCUT2D eigenvalue weighted by Gasteiger charge is -2.33. The summed E-state index contributed by atoms with van der Waals surface area (Å²) in [7, 11) is 4.01. The molecule has 1 aromatic heterocycles. The first-order valence-electron chi connectivity index (χ1n) is 11.9. The summed E-state index contributed by atoms with van der Waals surface area (Å²) in [5.41, 5.74) is 1.40. The number of hydrogen-bond donors (Lipinski definition) is 0. The van der Waals surface area contributed by atoms with Crippen molar-refractivity contribution in [3.05, 3.63) is 51.7 Å². The van der Waals surface area contributed by atoms with Gasteiger partial charge in [0.2, 0.25) is 0 Å². The van der Waals surface area contributed by atoms with Crippen LogP contribution in [-0.4, -0.2) is 56.7 Å². The van der Waals surface area contributed by atoms with Gasteiger partial charge in [-0.25, -0.2) is 0 Å². The fourth-order valence-corrected chi connectivity index (χ4v) is 6.04. The van der Waals surface area contributed by atoms with Gasteiger partial charge < -0.3 is 19.3 Å². The third-order valence-corrected chi connectivity index (χ3v) is 7.92. The average Bonchev–Trinajstić information content (AvgIpc) is 3.28. The number of piperidine rings is 1. The predicted molar refractivity (Wildman–Crippen MR) is 129 cm³/mol. The monoisotopic (exact) mass is 442 g/mol. The fraction of sp³-hybridized carbons (Fsp3) is 0.615. The number of nitrogens with zero attached hydrogens (tertiary/aromatic N) is 2. The summed E-state index contributed by atoms with van der Waals surface area (Å²) in [4.78, 5) is 8.06. The molecule has 0 radical (unpaired) electrons. The van der Waals surface area contributed by atoms with Crippen molar-refractivity contribution < 1.29 is 9.47 Å². The van der Waals surface area contributed by atoms with E-state index in [1.807, 2.05) is 11.3 Å². The highest BCUT2D eigenvalue weighted by atomic mass is 32.1. The highest BCUT2D eigenvalue weighted by Gasteiger charge is 2.21. The zero-order valence-electron chi connectivity index (χ0n) is 19.2. The summed E-state index contributed by atoms with van der Waals surface area (Å²) in [6, 6.07) is 13.1. The molecule has 1 aromatic carbocycles. The summed E-state index contributed by atoms with van der Waals surface area (Å²) in [5.74, 6) is 1.76. The molecule has 31 heavy (non-hydrogen) atoms. The van der Waals surface area contributed by atoms with E-state index < -0.39 is 0 Å². The number of thiophene rings is 1. The Morgan fingerprint density at radius 3 is 2.58 bits per heavy atom. The Bertz CT molecular complexity index is 777. The number of benzene rings is 1. The Morgan fingerprint density at radius 1 is 1.06 bits per heavy atom. The minimum atomic E-state index is 0.347. The molecule has 0 saturated carbocycles. The Labute approximate surface area is 192 Å². The van der Waals surface area contributed by atoms with E-state index in [9.17, 15) is 0 Å². The first-order valence-corrected chi connectivity index (χ1v) is 12.8. The van der Waals surface area contributed by atoms with E-state index in [-0.39, 0.29) is 0 Å². The van der Waals surface area contributed by atoms with Gasteiger partial charge in [0.1, 0.15) is 5.75 Å². The lowest BCUT2D eigenvalue weighted by atomic mass is 9.96. The van der Waals surface area contributed by atoms with Gasteiger partial charge in [-0.15, -0.1) is 11.3 Å². The SMILES string of the molecule is COc1ccc(CCN2CCC(CN(C)Cc3ccc([C@H]4CCCCO4)s3)CC2)cc1. The first kappa shape index (κ1) is 22.8. The summed E-state index contributed by atoms with van der Waals surface area (Å²) in [5, 5.41) is 0. The summed E-state index contributed by atoms with van der Waals surface area (Å²) in [6.45, 7) is 6.83. The van der Waals surface area contributed by atoms with Crippen molar-refractivity contribution in [1.29, 1.82) is 0 Å². The van der Waals surface area contributed by atoms with Crippen LogP contribution in [0.2, 0.25) is 0 Å². The van der Waals surface area contributed by atoms with Gasteiger partial charge in [0.15, 0.2) is 0 Å². The molecule has 2 aliphatic rings. The molecule has 3 heterocycles. The molecule has 0 amide bonds. The predicted octanol–water partition coefficient (Wildman–Crippen LogP) is 5.38. The van der Waals surface area contributed by atoms with Crippen LogP contribution < -0.4 is 4.74 Å². The standard InChI is InChI=1S/C26H38N2O2S/c1-27(20-24-10-11-26(31-24)25-5-3-4-18-30-25)19-22-13-16-28(17-14-22)15-12-21-6-8-23(29-2)9-7-21/h6-11,22,25H,3-5,12-20H2,1-2H3/t25-/m1/s1. The number of methoxy groups -OCH3 is 1. The van der Waals surface area contributed by atoms with E-state index in [0.717, 1.165) is 37.8 Å². The highest BCUT2D eigenvalue weighted by molar-refractivity contribution is 7.12. The van der Waals surface area contributed by atoms with Crippen LogP contribution in [0.4, 0.5) is 0 Å². The minimum absolute atomic E-state index is 0.347. The maximum Gasteiger partial charge on any atom is 0.118 e. The van der Waals surface area contributed by atoms with E-state index in [0.29, 0.717) is 6.10 Å². The molecule has 2 saturated heterocycles. The van der Waals surface area contributed by atoms with Crippen molar-refractivity contribution in [1.82, 2.24) is 9.80 Å². The van der Waals surface area contributed by atoms with Crippen LogP contribution in [0.5, 0.6) is 5.75 Å². The molecule has 5 heteroatoms. The quantitative estimate of drug-likeness (QED) is 0.520. The van der Waals surface area contributed by atoms with Crippen molar-refractivity contribution in [2.75, 3.05) is 46.9 Å². The van der Waals surface area contributed by atoms with Crippen molar-refractivity contribution >= 4 is 11.3 Å². The van der Waals surface area contributed by atoms with Crippen LogP contribution in [0.3, 0.4) is 0 Å². The van der Waals surface area contributed by atoms with E-state index in [4.69, 9.17) is 9.47 Å². The molecule has 2 aromatic rings. The molecule has 0 bridgehead atoms. The summed E-state index contributed by atoms with van der Waals surface area (Å²) < 4.78 is 11.2. The molecule has 170 valence electrons.